The van der Waals surface area contributed by atoms with Gasteiger partial charge in [0, 0.05) is 6.04 Å². The van der Waals surface area contributed by atoms with E-state index < -0.39 is 18.0 Å². The van der Waals surface area contributed by atoms with Gasteiger partial charge in [-0.1, -0.05) is 18.2 Å². The molecule has 0 amide bonds. The molecule has 0 fully saturated rings. The Morgan fingerprint density at radius 1 is 1.24 bits per heavy atom. The second-order valence-corrected chi connectivity index (χ2v) is 3.47. The molecule has 0 bridgehead atoms. The summed E-state index contributed by atoms with van der Waals surface area (Å²) < 4.78 is 9.18. The molecule has 0 radical (unpaired) electrons. The molecule has 0 spiro atoms. The summed E-state index contributed by atoms with van der Waals surface area (Å²) in [5.41, 5.74) is 6.80. The molecule has 1 aromatic carbocycles. The fourth-order valence-corrected chi connectivity index (χ4v) is 1.49. The topological polar surface area (TPSA) is 78.6 Å². The minimum atomic E-state index is -0.585. The van der Waals surface area contributed by atoms with Crippen LogP contribution in [0.2, 0.25) is 0 Å². The Bertz CT molecular complexity index is 417. The van der Waals surface area contributed by atoms with Gasteiger partial charge in [0.05, 0.1) is 26.2 Å². The lowest BCUT2D eigenvalue weighted by Gasteiger charge is -2.14. The molecule has 0 saturated carbocycles. The van der Waals surface area contributed by atoms with Gasteiger partial charge in [-0.25, -0.2) is 4.79 Å². The van der Waals surface area contributed by atoms with Crippen LogP contribution in [-0.2, 0) is 14.3 Å². The molecule has 1 rings (SSSR count). The van der Waals surface area contributed by atoms with E-state index in [0.29, 0.717) is 11.1 Å². The smallest absolute Gasteiger partial charge is 0.338 e. The number of rotatable bonds is 4. The van der Waals surface area contributed by atoms with Crippen LogP contribution in [0.4, 0.5) is 0 Å². The monoisotopic (exact) mass is 237 g/mol. The molecule has 1 aromatic rings. The van der Waals surface area contributed by atoms with Gasteiger partial charge in [0.2, 0.25) is 0 Å². The van der Waals surface area contributed by atoms with E-state index >= 15 is 0 Å². The Balaban J connectivity index is 2.96. The van der Waals surface area contributed by atoms with Crippen LogP contribution in [0, 0.1) is 0 Å². The van der Waals surface area contributed by atoms with Gasteiger partial charge in [0.1, 0.15) is 0 Å². The Labute approximate surface area is 99.5 Å². The minimum Gasteiger partial charge on any atom is -0.469 e. The van der Waals surface area contributed by atoms with Crippen molar-refractivity contribution in [1.29, 1.82) is 0 Å². The van der Waals surface area contributed by atoms with E-state index in [1.807, 2.05) is 0 Å². The van der Waals surface area contributed by atoms with Crippen molar-refractivity contribution in [1.82, 2.24) is 0 Å². The standard InChI is InChI=1S/C12H15NO4/c1-16-11(14)7-10(13)8-5-3-4-6-9(8)12(15)17-2/h3-6,10H,7,13H2,1-2H3/t10-/m0/s1. The molecule has 0 aliphatic heterocycles. The molecule has 0 aliphatic carbocycles. The van der Waals surface area contributed by atoms with Crippen LogP contribution in [0.1, 0.15) is 28.4 Å². The lowest BCUT2D eigenvalue weighted by Crippen LogP contribution is -2.19. The molecule has 0 aromatic heterocycles. The summed E-state index contributed by atoms with van der Waals surface area (Å²) in [4.78, 5) is 22.6. The average Bonchev–Trinajstić information content (AvgIpc) is 2.37. The van der Waals surface area contributed by atoms with Gasteiger partial charge >= 0.3 is 11.9 Å². The summed E-state index contributed by atoms with van der Waals surface area (Å²) in [6.45, 7) is 0. The van der Waals surface area contributed by atoms with Gasteiger partial charge < -0.3 is 15.2 Å². The largest absolute Gasteiger partial charge is 0.469 e. The summed E-state index contributed by atoms with van der Waals surface area (Å²) in [5.74, 6) is -0.891. The number of benzene rings is 1. The number of methoxy groups -OCH3 is 2. The van der Waals surface area contributed by atoms with Gasteiger partial charge in [0.15, 0.2) is 0 Å². The van der Waals surface area contributed by atoms with E-state index in [-0.39, 0.29) is 6.42 Å². The third-order valence-electron chi connectivity index (χ3n) is 2.38. The predicted molar refractivity (Wildman–Crippen MR) is 61.3 cm³/mol. The molecular weight excluding hydrogens is 222 g/mol. The third-order valence-corrected chi connectivity index (χ3v) is 2.38. The molecule has 5 heteroatoms. The van der Waals surface area contributed by atoms with Crippen molar-refractivity contribution >= 4 is 11.9 Å². The number of hydrogen-bond donors (Lipinski definition) is 1. The molecule has 1 atom stereocenters. The number of carbonyl (C=O) groups excluding carboxylic acids is 2. The first-order chi connectivity index (χ1) is 8.10. The van der Waals surface area contributed by atoms with Gasteiger partial charge in [0.25, 0.3) is 0 Å². The summed E-state index contributed by atoms with van der Waals surface area (Å²) >= 11 is 0. The Kier molecular flexibility index (Phi) is 4.66. The highest BCUT2D eigenvalue weighted by molar-refractivity contribution is 5.91. The average molecular weight is 237 g/mol. The molecule has 92 valence electrons. The van der Waals surface area contributed by atoms with Crippen LogP contribution in [0.5, 0.6) is 0 Å². The molecule has 0 saturated heterocycles. The minimum absolute atomic E-state index is 0.0184. The molecular formula is C12H15NO4. The van der Waals surface area contributed by atoms with Crippen LogP contribution in [0.25, 0.3) is 0 Å². The first-order valence-corrected chi connectivity index (χ1v) is 5.09. The molecule has 5 nitrogen and oxygen atoms in total. The maximum Gasteiger partial charge on any atom is 0.338 e. The molecule has 2 N–H and O–H groups in total. The van der Waals surface area contributed by atoms with Crippen molar-refractivity contribution in [3.8, 4) is 0 Å². The second-order valence-electron chi connectivity index (χ2n) is 3.47. The van der Waals surface area contributed by atoms with E-state index in [0.717, 1.165) is 0 Å². The zero-order valence-corrected chi connectivity index (χ0v) is 9.80. The number of nitrogens with two attached hydrogens (primary N) is 1. The van der Waals surface area contributed by atoms with E-state index in [2.05, 4.69) is 9.47 Å². The predicted octanol–water partition coefficient (Wildman–Crippen LogP) is 1.04. The van der Waals surface area contributed by atoms with Crippen molar-refractivity contribution in [2.45, 2.75) is 12.5 Å². The molecule has 0 heterocycles. The van der Waals surface area contributed by atoms with Crippen molar-refractivity contribution in [2.24, 2.45) is 5.73 Å². The molecule has 0 unspecified atom stereocenters. The van der Waals surface area contributed by atoms with Crippen molar-refractivity contribution in [3.63, 3.8) is 0 Å². The zero-order chi connectivity index (χ0) is 12.8. The first-order valence-electron chi connectivity index (χ1n) is 5.09. The highest BCUT2D eigenvalue weighted by Crippen LogP contribution is 2.19. The fraction of sp³-hybridized carbons (Fsp3) is 0.333. The lowest BCUT2D eigenvalue weighted by atomic mass is 9.99. The van der Waals surface area contributed by atoms with Crippen LogP contribution in [0.3, 0.4) is 0 Å². The summed E-state index contributed by atoms with van der Waals surface area (Å²) in [6.07, 6.45) is 0.0184. The Morgan fingerprint density at radius 3 is 2.47 bits per heavy atom. The van der Waals surface area contributed by atoms with E-state index in [9.17, 15) is 9.59 Å². The highest BCUT2D eigenvalue weighted by atomic mass is 16.5. The van der Waals surface area contributed by atoms with E-state index in [1.54, 1.807) is 24.3 Å². The van der Waals surface area contributed by atoms with Crippen LogP contribution >= 0.6 is 0 Å². The second kappa shape index (κ2) is 6.00. The van der Waals surface area contributed by atoms with Gasteiger partial charge in [-0.2, -0.15) is 0 Å². The maximum absolute atomic E-state index is 11.5. The third kappa shape index (κ3) is 3.29. The highest BCUT2D eigenvalue weighted by Gasteiger charge is 2.18. The van der Waals surface area contributed by atoms with Gasteiger partial charge in [-0.15, -0.1) is 0 Å². The normalized spacial score (nSPS) is 11.7. The van der Waals surface area contributed by atoms with Crippen LogP contribution in [-0.4, -0.2) is 26.2 Å². The maximum atomic E-state index is 11.5. The molecule has 0 aliphatic rings. The Morgan fingerprint density at radius 2 is 1.88 bits per heavy atom. The number of ether oxygens (including phenoxy) is 2. The summed E-state index contributed by atoms with van der Waals surface area (Å²) in [5, 5.41) is 0. The summed E-state index contributed by atoms with van der Waals surface area (Å²) in [6, 6.07) is 6.18. The van der Waals surface area contributed by atoms with Gasteiger partial charge in [-0.05, 0) is 11.6 Å². The van der Waals surface area contributed by atoms with E-state index in [4.69, 9.17) is 5.73 Å². The van der Waals surface area contributed by atoms with Crippen LogP contribution in [0.15, 0.2) is 24.3 Å². The first kappa shape index (κ1) is 13.2. The zero-order valence-electron chi connectivity index (χ0n) is 9.80. The fourth-order valence-electron chi connectivity index (χ4n) is 1.49. The quantitative estimate of drug-likeness (QED) is 0.791. The van der Waals surface area contributed by atoms with Crippen molar-refractivity contribution in [3.05, 3.63) is 35.4 Å². The van der Waals surface area contributed by atoms with Gasteiger partial charge in [-0.3, -0.25) is 4.79 Å². The van der Waals surface area contributed by atoms with Crippen LogP contribution < -0.4 is 5.73 Å². The molecule has 17 heavy (non-hydrogen) atoms. The number of carbonyl (C=O) groups is 2. The van der Waals surface area contributed by atoms with Crippen molar-refractivity contribution < 1.29 is 19.1 Å². The number of esters is 2. The Hall–Kier alpha value is -1.88. The van der Waals surface area contributed by atoms with Crippen molar-refractivity contribution in [2.75, 3.05) is 14.2 Å². The lowest BCUT2D eigenvalue weighted by molar-refractivity contribution is -0.141. The number of hydrogen-bond acceptors (Lipinski definition) is 5. The summed E-state index contributed by atoms with van der Waals surface area (Å²) in [7, 11) is 2.59. The van der Waals surface area contributed by atoms with E-state index in [1.165, 1.54) is 14.2 Å². The SMILES string of the molecule is COC(=O)C[C@H](N)c1ccccc1C(=O)OC.